The number of aromatic nitrogens is 2. The van der Waals surface area contributed by atoms with Crippen molar-refractivity contribution in [1.29, 1.82) is 0 Å². The molecule has 2 aromatic heterocycles. The van der Waals surface area contributed by atoms with Crippen LogP contribution in [0.4, 0.5) is 20.5 Å². The van der Waals surface area contributed by atoms with Gasteiger partial charge in [-0.2, -0.15) is 4.98 Å². The molecular weight excluding hydrogens is 276 g/mol. The van der Waals surface area contributed by atoms with Crippen LogP contribution in [0.25, 0.3) is 10.2 Å². The fourth-order valence-electron chi connectivity index (χ4n) is 1.53. The first-order chi connectivity index (χ1) is 9.01. The van der Waals surface area contributed by atoms with E-state index in [1.807, 2.05) is 13.0 Å². The zero-order chi connectivity index (χ0) is 14.0. The number of hydrazine groups is 1. The standard InChI is InChI=1S/C10H13F2N5OS/c1-4-2-5-8(14-3-6(18)7(11)12)15-10(17-13)16-9(5)19-4/h2,6-7,18H,3,13H2,1H3,(H2,14,15,16,17). The lowest BCUT2D eigenvalue weighted by Crippen LogP contribution is -2.27. The van der Waals surface area contributed by atoms with Gasteiger partial charge in [-0.05, 0) is 13.0 Å². The Balaban J connectivity index is 2.29. The van der Waals surface area contributed by atoms with Gasteiger partial charge in [0.15, 0.2) is 0 Å². The molecule has 104 valence electrons. The average molecular weight is 289 g/mol. The monoisotopic (exact) mass is 289 g/mol. The number of alkyl halides is 2. The molecule has 2 aromatic rings. The molecule has 0 aliphatic carbocycles. The average Bonchev–Trinajstić information content (AvgIpc) is 2.75. The molecule has 0 aliphatic rings. The fourth-order valence-corrected chi connectivity index (χ4v) is 2.41. The quantitative estimate of drug-likeness (QED) is 0.490. The molecule has 0 saturated carbocycles. The smallest absolute Gasteiger partial charge is 0.265 e. The van der Waals surface area contributed by atoms with Gasteiger partial charge in [-0.25, -0.2) is 19.6 Å². The summed E-state index contributed by atoms with van der Waals surface area (Å²) in [6.45, 7) is 1.60. The van der Waals surface area contributed by atoms with Crippen molar-refractivity contribution in [2.24, 2.45) is 5.84 Å². The first-order valence-electron chi connectivity index (χ1n) is 5.46. The number of hydrogen-bond donors (Lipinski definition) is 4. The summed E-state index contributed by atoms with van der Waals surface area (Å²) in [4.78, 5) is 9.91. The molecule has 0 spiro atoms. The molecule has 19 heavy (non-hydrogen) atoms. The molecule has 2 heterocycles. The summed E-state index contributed by atoms with van der Waals surface area (Å²) >= 11 is 1.44. The van der Waals surface area contributed by atoms with Crippen molar-refractivity contribution in [3.8, 4) is 0 Å². The molecule has 0 radical (unpaired) electrons. The van der Waals surface area contributed by atoms with Crippen molar-refractivity contribution in [1.82, 2.24) is 9.97 Å². The third-order valence-corrected chi connectivity index (χ3v) is 3.36. The largest absolute Gasteiger partial charge is 0.385 e. The lowest BCUT2D eigenvalue weighted by Gasteiger charge is -2.12. The Kier molecular flexibility index (Phi) is 4.08. The number of aliphatic hydroxyl groups excluding tert-OH is 1. The number of fused-ring (bicyclic) bond motifs is 1. The summed E-state index contributed by atoms with van der Waals surface area (Å²) in [6, 6.07) is 1.84. The number of thiophene rings is 1. The Labute approximate surface area is 111 Å². The molecule has 6 nitrogen and oxygen atoms in total. The van der Waals surface area contributed by atoms with Gasteiger partial charge in [-0.1, -0.05) is 0 Å². The lowest BCUT2D eigenvalue weighted by atomic mass is 10.3. The number of nitrogens with two attached hydrogens (primary N) is 1. The Morgan fingerprint density at radius 1 is 1.47 bits per heavy atom. The Morgan fingerprint density at radius 2 is 2.21 bits per heavy atom. The second-order valence-electron chi connectivity index (χ2n) is 3.90. The summed E-state index contributed by atoms with van der Waals surface area (Å²) in [5.74, 6) is 5.80. The van der Waals surface area contributed by atoms with E-state index in [9.17, 15) is 8.78 Å². The van der Waals surface area contributed by atoms with Gasteiger partial charge in [-0.3, -0.25) is 5.43 Å². The first kappa shape index (κ1) is 13.8. The molecule has 0 aliphatic heterocycles. The van der Waals surface area contributed by atoms with Gasteiger partial charge >= 0.3 is 0 Å². The molecular formula is C10H13F2N5OS. The van der Waals surface area contributed by atoms with E-state index < -0.39 is 12.5 Å². The van der Waals surface area contributed by atoms with Crippen molar-refractivity contribution in [2.75, 3.05) is 17.3 Å². The van der Waals surface area contributed by atoms with Crippen LogP contribution in [0.3, 0.4) is 0 Å². The van der Waals surface area contributed by atoms with Crippen LogP contribution < -0.4 is 16.6 Å². The molecule has 0 bridgehead atoms. The van der Waals surface area contributed by atoms with Gasteiger partial charge in [0, 0.05) is 11.4 Å². The van der Waals surface area contributed by atoms with Gasteiger partial charge in [0.25, 0.3) is 6.43 Å². The van der Waals surface area contributed by atoms with Crippen LogP contribution in [-0.2, 0) is 0 Å². The van der Waals surface area contributed by atoms with E-state index >= 15 is 0 Å². The highest BCUT2D eigenvalue weighted by Crippen LogP contribution is 2.29. The number of aliphatic hydroxyl groups is 1. The Bertz CT molecular complexity index is 576. The van der Waals surface area contributed by atoms with Crippen LogP contribution >= 0.6 is 11.3 Å². The second kappa shape index (κ2) is 5.59. The molecule has 0 amide bonds. The van der Waals surface area contributed by atoms with Crippen LogP contribution in [-0.4, -0.2) is 34.1 Å². The minimum atomic E-state index is -2.80. The van der Waals surface area contributed by atoms with Gasteiger partial charge in [-0.15, -0.1) is 11.3 Å². The van der Waals surface area contributed by atoms with Gasteiger partial charge in [0.05, 0.1) is 5.39 Å². The molecule has 1 atom stereocenters. The highest BCUT2D eigenvalue weighted by Gasteiger charge is 2.18. The topological polar surface area (TPSA) is 96.1 Å². The van der Waals surface area contributed by atoms with Crippen LogP contribution in [0.1, 0.15) is 4.88 Å². The lowest BCUT2D eigenvalue weighted by molar-refractivity contribution is 0.00382. The SMILES string of the molecule is Cc1cc2c(NCC(O)C(F)F)nc(NN)nc2s1. The summed E-state index contributed by atoms with van der Waals surface area (Å²) in [7, 11) is 0. The highest BCUT2D eigenvalue weighted by molar-refractivity contribution is 7.18. The van der Waals surface area contributed by atoms with E-state index in [2.05, 4.69) is 20.7 Å². The molecule has 0 aromatic carbocycles. The second-order valence-corrected chi connectivity index (χ2v) is 5.13. The highest BCUT2D eigenvalue weighted by atomic mass is 32.1. The third kappa shape index (κ3) is 3.06. The predicted molar refractivity (Wildman–Crippen MR) is 70.5 cm³/mol. The van der Waals surface area contributed by atoms with Crippen molar-refractivity contribution in [3.63, 3.8) is 0 Å². The Morgan fingerprint density at radius 3 is 2.84 bits per heavy atom. The Hall–Kier alpha value is -1.58. The van der Waals surface area contributed by atoms with Crippen molar-refractivity contribution in [3.05, 3.63) is 10.9 Å². The van der Waals surface area contributed by atoms with Crippen molar-refractivity contribution in [2.45, 2.75) is 19.5 Å². The first-order valence-corrected chi connectivity index (χ1v) is 6.27. The maximum absolute atomic E-state index is 12.2. The zero-order valence-electron chi connectivity index (χ0n) is 10.0. The van der Waals surface area contributed by atoms with Crippen molar-refractivity contribution >= 4 is 33.3 Å². The molecule has 0 saturated heterocycles. The van der Waals surface area contributed by atoms with Crippen LogP contribution in [0.2, 0.25) is 0 Å². The van der Waals surface area contributed by atoms with E-state index in [0.29, 0.717) is 16.0 Å². The van der Waals surface area contributed by atoms with Gasteiger partial charge < -0.3 is 10.4 Å². The van der Waals surface area contributed by atoms with Crippen LogP contribution in [0.15, 0.2) is 6.07 Å². The van der Waals surface area contributed by atoms with E-state index in [1.165, 1.54) is 11.3 Å². The van der Waals surface area contributed by atoms with E-state index in [0.717, 1.165) is 4.88 Å². The summed E-state index contributed by atoms with van der Waals surface area (Å²) in [5.41, 5.74) is 2.31. The van der Waals surface area contributed by atoms with E-state index in [1.54, 1.807) is 0 Å². The molecule has 2 rings (SSSR count). The minimum absolute atomic E-state index is 0.184. The summed E-state index contributed by atoms with van der Waals surface area (Å²) in [6.07, 6.45) is -4.56. The normalized spacial score (nSPS) is 12.9. The van der Waals surface area contributed by atoms with E-state index in [-0.39, 0.29) is 12.5 Å². The van der Waals surface area contributed by atoms with Gasteiger partial charge in [0.1, 0.15) is 16.8 Å². The number of nitrogens with one attached hydrogen (secondary N) is 2. The number of aryl methyl sites for hydroxylation is 1. The zero-order valence-corrected chi connectivity index (χ0v) is 10.8. The number of nitrogen functional groups attached to an aromatic ring is 1. The maximum atomic E-state index is 12.2. The minimum Gasteiger partial charge on any atom is -0.385 e. The number of anilines is 2. The predicted octanol–water partition coefficient (Wildman–Crippen LogP) is 1.32. The van der Waals surface area contributed by atoms with Crippen molar-refractivity contribution < 1.29 is 13.9 Å². The molecule has 9 heteroatoms. The molecule has 5 N–H and O–H groups in total. The number of halogens is 2. The number of rotatable bonds is 5. The molecule has 0 fully saturated rings. The van der Waals surface area contributed by atoms with Gasteiger partial charge in [0.2, 0.25) is 5.95 Å². The number of nitrogens with zero attached hydrogens (tertiary/aromatic N) is 2. The summed E-state index contributed by atoms with van der Waals surface area (Å²) < 4.78 is 24.5. The summed E-state index contributed by atoms with van der Waals surface area (Å²) in [5, 5.41) is 12.5. The van der Waals surface area contributed by atoms with E-state index in [4.69, 9.17) is 10.9 Å². The number of hydrogen-bond acceptors (Lipinski definition) is 7. The maximum Gasteiger partial charge on any atom is 0.265 e. The van der Waals surface area contributed by atoms with Crippen LogP contribution in [0.5, 0.6) is 0 Å². The molecule has 1 unspecified atom stereocenters. The third-order valence-electron chi connectivity index (χ3n) is 2.41. The van der Waals surface area contributed by atoms with Crippen LogP contribution in [0, 0.1) is 6.92 Å². The fraction of sp³-hybridized carbons (Fsp3) is 0.400.